The third-order valence-electron chi connectivity index (χ3n) is 3.22. The lowest BCUT2D eigenvalue weighted by molar-refractivity contribution is -0.137. The molecule has 8 heteroatoms. The zero-order valence-electron chi connectivity index (χ0n) is 12.0. The molecule has 0 heterocycles. The van der Waals surface area contributed by atoms with E-state index in [0.29, 0.717) is 11.6 Å². The molecule has 0 N–H and O–H groups in total. The van der Waals surface area contributed by atoms with Crippen LogP contribution in [0.1, 0.15) is 11.1 Å². The van der Waals surface area contributed by atoms with Crippen molar-refractivity contribution in [1.82, 2.24) is 4.31 Å². The number of nitrogens with zero attached hydrogens (tertiary/aromatic N) is 1. The van der Waals surface area contributed by atoms with Crippen molar-refractivity contribution >= 4 is 26.0 Å². The SMILES string of the molecule is CN(Cc1ccccc1Br)S(=O)(=O)c1cccc(C(F)(F)F)c1. The van der Waals surface area contributed by atoms with Gasteiger partial charge in [0.25, 0.3) is 0 Å². The van der Waals surface area contributed by atoms with Crippen LogP contribution in [0.3, 0.4) is 0 Å². The lowest BCUT2D eigenvalue weighted by Crippen LogP contribution is -2.27. The summed E-state index contributed by atoms with van der Waals surface area (Å²) in [5.41, 5.74) is -0.279. The van der Waals surface area contributed by atoms with Gasteiger partial charge in [0.2, 0.25) is 10.0 Å². The average molecular weight is 408 g/mol. The molecule has 23 heavy (non-hydrogen) atoms. The van der Waals surface area contributed by atoms with E-state index in [1.807, 2.05) is 0 Å². The minimum atomic E-state index is -4.59. The maximum atomic E-state index is 12.7. The molecule has 0 amide bonds. The summed E-state index contributed by atoms with van der Waals surface area (Å²) in [6.45, 7) is 0.0417. The fraction of sp³-hybridized carbons (Fsp3) is 0.200. The molecule has 0 spiro atoms. The van der Waals surface area contributed by atoms with E-state index in [0.717, 1.165) is 27.0 Å². The molecule has 0 aliphatic heterocycles. The van der Waals surface area contributed by atoms with Gasteiger partial charge in [-0.3, -0.25) is 0 Å². The third-order valence-corrected chi connectivity index (χ3v) is 5.79. The third kappa shape index (κ3) is 4.13. The number of alkyl halides is 3. The number of rotatable bonds is 4. The molecule has 0 aliphatic carbocycles. The first-order valence-electron chi connectivity index (χ1n) is 6.49. The Bertz CT molecular complexity index is 806. The molecule has 0 bridgehead atoms. The van der Waals surface area contributed by atoms with E-state index in [1.165, 1.54) is 7.05 Å². The van der Waals surface area contributed by atoms with Crippen LogP contribution in [-0.4, -0.2) is 19.8 Å². The van der Waals surface area contributed by atoms with Crippen molar-refractivity contribution in [2.24, 2.45) is 0 Å². The number of benzene rings is 2. The molecule has 0 saturated carbocycles. The molecule has 0 saturated heterocycles. The minimum absolute atomic E-state index is 0.0417. The summed E-state index contributed by atoms with van der Waals surface area (Å²) in [7, 11) is -2.70. The Labute approximate surface area is 140 Å². The summed E-state index contributed by atoms with van der Waals surface area (Å²) in [5.74, 6) is 0. The molecule has 2 aromatic rings. The van der Waals surface area contributed by atoms with Crippen molar-refractivity contribution in [3.63, 3.8) is 0 Å². The Morgan fingerprint density at radius 2 is 1.74 bits per heavy atom. The zero-order chi connectivity index (χ0) is 17.3. The predicted octanol–water partition coefficient (Wildman–Crippen LogP) is 4.29. The Morgan fingerprint density at radius 3 is 2.35 bits per heavy atom. The highest BCUT2D eigenvalue weighted by molar-refractivity contribution is 9.10. The number of hydrogen-bond donors (Lipinski definition) is 0. The molecular weight excluding hydrogens is 395 g/mol. The highest BCUT2D eigenvalue weighted by Gasteiger charge is 2.32. The normalized spacial score (nSPS) is 12.6. The van der Waals surface area contributed by atoms with Crippen LogP contribution in [0, 0.1) is 0 Å². The van der Waals surface area contributed by atoms with Crippen LogP contribution in [0.25, 0.3) is 0 Å². The van der Waals surface area contributed by atoms with Gasteiger partial charge < -0.3 is 0 Å². The monoisotopic (exact) mass is 407 g/mol. The summed E-state index contributed by atoms with van der Waals surface area (Å²) < 4.78 is 64.9. The van der Waals surface area contributed by atoms with E-state index in [1.54, 1.807) is 24.3 Å². The molecule has 0 radical (unpaired) electrons. The summed E-state index contributed by atoms with van der Waals surface area (Å²) >= 11 is 3.32. The molecule has 0 atom stereocenters. The van der Waals surface area contributed by atoms with E-state index >= 15 is 0 Å². The van der Waals surface area contributed by atoms with Gasteiger partial charge in [-0.25, -0.2) is 8.42 Å². The highest BCUT2D eigenvalue weighted by Crippen LogP contribution is 2.31. The summed E-state index contributed by atoms with van der Waals surface area (Å²) in [6, 6.07) is 10.8. The van der Waals surface area contributed by atoms with Crippen LogP contribution >= 0.6 is 15.9 Å². The number of hydrogen-bond acceptors (Lipinski definition) is 2. The van der Waals surface area contributed by atoms with Crippen LogP contribution < -0.4 is 0 Å². The van der Waals surface area contributed by atoms with E-state index in [9.17, 15) is 21.6 Å². The lowest BCUT2D eigenvalue weighted by atomic mass is 10.2. The topological polar surface area (TPSA) is 37.4 Å². The Hall–Kier alpha value is -1.38. The van der Waals surface area contributed by atoms with Gasteiger partial charge in [-0.1, -0.05) is 40.2 Å². The van der Waals surface area contributed by atoms with Crippen LogP contribution in [0.4, 0.5) is 13.2 Å². The fourth-order valence-corrected chi connectivity index (χ4v) is 3.57. The van der Waals surface area contributed by atoms with Crippen molar-refractivity contribution in [2.45, 2.75) is 17.6 Å². The van der Waals surface area contributed by atoms with Crippen molar-refractivity contribution in [2.75, 3.05) is 7.05 Å². The van der Waals surface area contributed by atoms with E-state index < -0.39 is 21.8 Å². The van der Waals surface area contributed by atoms with Crippen molar-refractivity contribution in [3.05, 3.63) is 64.1 Å². The number of sulfonamides is 1. The van der Waals surface area contributed by atoms with Crippen LogP contribution in [-0.2, 0) is 22.7 Å². The smallest absolute Gasteiger partial charge is 0.207 e. The second-order valence-electron chi connectivity index (χ2n) is 4.88. The molecule has 0 aromatic heterocycles. The molecule has 124 valence electrons. The molecule has 0 aliphatic rings. The summed E-state index contributed by atoms with van der Waals surface area (Å²) in [5, 5.41) is 0. The Balaban J connectivity index is 2.33. The van der Waals surface area contributed by atoms with Gasteiger partial charge in [-0.2, -0.15) is 17.5 Å². The number of halogens is 4. The highest BCUT2D eigenvalue weighted by atomic mass is 79.9. The van der Waals surface area contributed by atoms with E-state index in [-0.39, 0.29) is 11.4 Å². The maximum absolute atomic E-state index is 12.7. The molecule has 2 rings (SSSR count). The van der Waals surface area contributed by atoms with Crippen LogP contribution in [0.2, 0.25) is 0 Å². The van der Waals surface area contributed by atoms with Gasteiger partial charge in [0.05, 0.1) is 10.5 Å². The first-order valence-corrected chi connectivity index (χ1v) is 8.72. The van der Waals surface area contributed by atoms with Gasteiger partial charge in [-0.15, -0.1) is 0 Å². The summed E-state index contributed by atoms with van der Waals surface area (Å²) in [6.07, 6.45) is -4.59. The van der Waals surface area contributed by atoms with Gasteiger partial charge in [-0.05, 0) is 29.8 Å². The second-order valence-corrected chi connectivity index (χ2v) is 7.78. The van der Waals surface area contributed by atoms with Gasteiger partial charge >= 0.3 is 6.18 Å². The average Bonchev–Trinajstić information content (AvgIpc) is 2.48. The first kappa shape index (κ1) is 18.0. The van der Waals surface area contributed by atoms with Crippen molar-refractivity contribution in [3.8, 4) is 0 Å². The van der Waals surface area contributed by atoms with Crippen molar-refractivity contribution in [1.29, 1.82) is 0 Å². The van der Waals surface area contributed by atoms with Gasteiger partial charge in [0, 0.05) is 18.1 Å². The van der Waals surface area contributed by atoms with Crippen LogP contribution in [0.15, 0.2) is 57.9 Å². The maximum Gasteiger partial charge on any atom is 0.416 e. The predicted molar refractivity (Wildman–Crippen MR) is 84.2 cm³/mol. The summed E-state index contributed by atoms with van der Waals surface area (Å²) in [4.78, 5) is -0.387. The first-order chi connectivity index (χ1) is 10.6. The van der Waals surface area contributed by atoms with Gasteiger partial charge in [0.15, 0.2) is 0 Å². The minimum Gasteiger partial charge on any atom is -0.207 e. The van der Waals surface area contributed by atoms with E-state index in [2.05, 4.69) is 15.9 Å². The van der Waals surface area contributed by atoms with Gasteiger partial charge in [0.1, 0.15) is 0 Å². The lowest BCUT2D eigenvalue weighted by Gasteiger charge is -2.19. The van der Waals surface area contributed by atoms with Crippen molar-refractivity contribution < 1.29 is 21.6 Å². The standard InChI is InChI=1S/C15H13BrF3NO2S/c1-20(10-11-5-2-3-8-14(11)16)23(21,22)13-7-4-6-12(9-13)15(17,18)19/h2-9H,10H2,1H3. The quantitative estimate of drug-likeness (QED) is 0.757. The fourth-order valence-electron chi connectivity index (χ4n) is 1.96. The van der Waals surface area contributed by atoms with E-state index in [4.69, 9.17) is 0 Å². The largest absolute Gasteiger partial charge is 0.416 e. The second kappa shape index (κ2) is 6.62. The zero-order valence-corrected chi connectivity index (χ0v) is 14.4. The molecule has 2 aromatic carbocycles. The molecule has 0 fully saturated rings. The van der Waals surface area contributed by atoms with Crippen LogP contribution in [0.5, 0.6) is 0 Å². The Morgan fingerprint density at radius 1 is 1.09 bits per heavy atom. The molecule has 3 nitrogen and oxygen atoms in total. The Kier molecular flexibility index (Phi) is 5.17. The molecule has 0 unspecified atom stereocenters. The molecular formula is C15H13BrF3NO2S.